The quantitative estimate of drug-likeness (QED) is 0.605. The Morgan fingerprint density at radius 3 is 2.76 bits per heavy atom. The van der Waals surface area contributed by atoms with Gasteiger partial charge >= 0.3 is 0 Å². The summed E-state index contributed by atoms with van der Waals surface area (Å²) in [5.41, 5.74) is 4.19. The predicted molar refractivity (Wildman–Crippen MR) is 69.5 cm³/mol. The Balaban J connectivity index is 1.92. The van der Waals surface area contributed by atoms with Gasteiger partial charge in [-0.05, 0) is 38.2 Å². The van der Waals surface area contributed by atoms with E-state index >= 15 is 0 Å². The van der Waals surface area contributed by atoms with Crippen LogP contribution in [0.5, 0.6) is 0 Å². The van der Waals surface area contributed by atoms with Crippen molar-refractivity contribution in [3.63, 3.8) is 0 Å². The summed E-state index contributed by atoms with van der Waals surface area (Å²) in [4.78, 5) is 0. The topological polar surface area (TPSA) is 47.3 Å². The maximum atomic E-state index is 5.84. The van der Waals surface area contributed by atoms with Crippen molar-refractivity contribution in [2.24, 2.45) is 5.84 Å². The van der Waals surface area contributed by atoms with Crippen molar-refractivity contribution < 1.29 is 4.74 Å². The Hall–Kier alpha value is -0.900. The molecule has 1 aliphatic rings. The highest BCUT2D eigenvalue weighted by Crippen LogP contribution is 2.30. The highest BCUT2D eigenvalue weighted by molar-refractivity contribution is 5.15. The van der Waals surface area contributed by atoms with E-state index in [1.165, 1.54) is 5.56 Å². The molecule has 1 saturated heterocycles. The number of benzene rings is 1. The molecule has 17 heavy (non-hydrogen) atoms. The van der Waals surface area contributed by atoms with Crippen LogP contribution in [0.1, 0.15) is 31.7 Å². The molecular formula is C14H22N2O. The zero-order valence-electron chi connectivity index (χ0n) is 10.5. The molecule has 1 aliphatic heterocycles. The highest BCUT2D eigenvalue weighted by atomic mass is 16.5. The Labute approximate surface area is 103 Å². The van der Waals surface area contributed by atoms with E-state index < -0.39 is 0 Å². The molecule has 0 radical (unpaired) electrons. The molecule has 2 rings (SSSR count). The summed E-state index contributed by atoms with van der Waals surface area (Å²) in [6.07, 6.45) is 4.28. The normalized spacial score (nSPS) is 26.0. The molecule has 0 amide bonds. The molecule has 2 unspecified atom stereocenters. The van der Waals surface area contributed by atoms with Gasteiger partial charge in [-0.1, -0.05) is 30.3 Å². The molecular weight excluding hydrogens is 212 g/mol. The molecule has 0 aliphatic carbocycles. The molecule has 2 atom stereocenters. The van der Waals surface area contributed by atoms with Gasteiger partial charge in [-0.3, -0.25) is 11.3 Å². The van der Waals surface area contributed by atoms with Crippen LogP contribution in [0.15, 0.2) is 30.3 Å². The van der Waals surface area contributed by atoms with Gasteiger partial charge < -0.3 is 4.74 Å². The molecule has 1 aromatic carbocycles. The number of hydrogen-bond donors (Lipinski definition) is 2. The average molecular weight is 234 g/mol. The summed E-state index contributed by atoms with van der Waals surface area (Å²) in [6, 6.07) is 10.7. The largest absolute Gasteiger partial charge is 0.374 e. The van der Waals surface area contributed by atoms with E-state index in [0.717, 1.165) is 32.3 Å². The molecule has 3 nitrogen and oxygen atoms in total. The lowest BCUT2D eigenvalue weighted by Gasteiger charge is -2.32. The van der Waals surface area contributed by atoms with Crippen LogP contribution in [0.3, 0.4) is 0 Å². The molecule has 0 aromatic heterocycles. The first-order valence-electron chi connectivity index (χ1n) is 6.38. The van der Waals surface area contributed by atoms with Gasteiger partial charge in [0.1, 0.15) is 0 Å². The monoisotopic (exact) mass is 234 g/mol. The number of ether oxygens (including phenoxy) is 1. The summed E-state index contributed by atoms with van der Waals surface area (Å²) in [7, 11) is 0. The zero-order chi connectivity index (χ0) is 12.1. The fourth-order valence-electron chi connectivity index (χ4n) is 2.60. The molecule has 0 bridgehead atoms. The van der Waals surface area contributed by atoms with Crippen molar-refractivity contribution in [2.75, 3.05) is 6.61 Å². The van der Waals surface area contributed by atoms with Gasteiger partial charge in [-0.15, -0.1) is 0 Å². The average Bonchev–Trinajstić information content (AvgIpc) is 2.79. The maximum Gasteiger partial charge on any atom is 0.0821 e. The van der Waals surface area contributed by atoms with E-state index in [0.29, 0.717) is 0 Å². The van der Waals surface area contributed by atoms with Gasteiger partial charge in [-0.25, -0.2) is 0 Å². The lowest BCUT2D eigenvalue weighted by Crippen LogP contribution is -2.51. The van der Waals surface area contributed by atoms with Crippen LogP contribution in [-0.4, -0.2) is 18.2 Å². The number of aryl methyl sites for hydroxylation is 1. The Kier molecular flexibility index (Phi) is 4.15. The first-order valence-corrected chi connectivity index (χ1v) is 6.38. The zero-order valence-corrected chi connectivity index (χ0v) is 10.5. The standard InChI is InChI=1S/C14H22N2O/c1-14(10-5-11-17-14)13(16-15)9-8-12-6-3-2-4-7-12/h2-4,6-7,13,16H,5,8-11,15H2,1H3. The van der Waals surface area contributed by atoms with Crippen molar-refractivity contribution in [2.45, 2.75) is 44.2 Å². The Bertz CT molecular complexity index is 333. The van der Waals surface area contributed by atoms with Crippen molar-refractivity contribution in [1.82, 2.24) is 5.43 Å². The van der Waals surface area contributed by atoms with Crippen molar-refractivity contribution in [3.8, 4) is 0 Å². The number of nitrogens with two attached hydrogens (primary N) is 1. The molecule has 1 aromatic rings. The van der Waals surface area contributed by atoms with Gasteiger partial charge in [0, 0.05) is 6.61 Å². The fourth-order valence-corrected chi connectivity index (χ4v) is 2.60. The fraction of sp³-hybridized carbons (Fsp3) is 0.571. The van der Waals surface area contributed by atoms with Crippen molar-refractivity contribution in [3.05, 3.63) is 35.9 Å². The molecule has 0 spiro atoms. The van der Waals surface area contributed by atoms with Crippen LogP contribution < -0.4 is 11.3 Å². The van der Waals surface area contributed by atoms with E-state index in [1.54, 1.807) is 0 Å². The molecule has 94 valence electrons. The van der Waals surface area contributed by atoms with Crippen LogP contribution >= 0.6 is 0 Å². The van der Waals surface area contributed by atoms with Crippen molar-refractivity contribution in [1.29, 1.82) is 0 Å². The lowest BCUT2D eigenvalue weighted by molar-refractivity contribution is -0.0137. The first-order chi connectivity index (χ1) is 8.24. The molecule has 1 heterocycles. The number of hydrogen-bond acceptors (Lipinski definition) is 3. The third kappa shape index (κ3) is 3.06. The SMILES string of the molecule is CC1(C(CCc2ccccc2)NN)CCCO1. The molecule has 1 fully saturated rings. The van der Waals surface area contributed by atoms with Gasteiger partial charge in [-0.2, -0.15) is 0 Å². The second-order valence-electron chi connectivity index (χ2n) is 5.01. The van der Waals surface area contributed by atoms with Crippen LogP contribution in [0, 0.1) is 0 Å². The Morgan fingerprint density at radius 2 is 2.18 bits per heavy atom. The summed E-state index contributed by atoms with van der Waals surface area (Å²) in [6.45, 7) is 3.02. The van der Waals surface area contributed by atoms with E-state index in [-0.39, 0.29) is 11.6 Å². The van der Waals surface area contributed by atoms with Crippen LogP contribution in [0.4, 0.5) is 0 Å². The van der Waals surface area contributed by atoms with Gasteiger partial charge in [0.05, 0.1) is 11.6 Å². The van der Waals surface area contributed by atoms with Gasteiger partial charge in [0.2, 0.25) is 0 Å². The minimum Gasteiger partial charge on any atom is -0.374 e. The van der Waals surface area contributed by atoms with E-state index in [1.807, 2.05) is 6.07 Å². The summed E-state index contributed by atoms with van der Waals surface area (Å²) < 4.78 is 5.84. The summed E-state index contributed by atoms with van der Waals surface area (Å²) in [5.74, 6) is 5.67. The van der Waals surface area contributed by atoms with E-state index in [2.05, 4.69) is 36.6 Å². The summed E-state index contributed by atoms with van der Waals surface area (Å²) in [5, 5.41) is 0. The lowest BCUT2D eigenvalue weighted by atomic mass is 9.89. The van der Waals surface area contributed by atoms with Crippen LogP contribution in [0.25, 0.3) is 0 Å². The number of rotatable bonds is 5. The van der Waals surface area contributed by atoms with E-state index in [4.69, 9.17) is 10.6 Å². The number of hydrazine groups is 1. The summed E-state index contributed by atoms with van der Waals surface area (Å²) >= 11 is 0. The second kappa shape index (κ2) is 5.63. The molecule has 3 heteroatoms. The van der Waals surface area contributed by atoms with E-state index in [9.17, 15) is 0 Å². The third-order valence-electron chi connectivity index (χ3n) is 3.75. The first kappa shape index (κ1) is 12.6. The third-order valence-corrected chi connectivity index (χ3v) is 3.75. The predicted octanol–water partition coefficient (Wildman–Crippen LogP) is 2.02. The van der Waals surface area contributed by atoms with Crippen LogP contribution in [0.2, 0.25) is 0 Å². The highest BCUT2D eigenvalue weighted by Gasteiger charge is 2.37. The number of nitrogens with one attached hydrogen (secondary N) is 1. The molecule has 3 N–H and O–H groups in total. The van der Waals surface area contributed by atoms with Gasteiger partial charge in [0.15, 0.2) is 0 Å². The maximum absolute atomic E-state index is 5.84. The Morgan fingerprint density at radius 1 is 1.41 bits per heavy atom. The minimum absolute atomic E-state index is 0.0937. The minimum atomic E-state index is -0.0937. The smallest absolute Gasteiger partial charge is 0.0821 e. The van der Waals surface area contributed by atoms with Gasteiger partial charge in [0.25, 0.3) is 0 Å². The second-order valence-corrected chi connectivity index (χ2v) is 5.01. The van der Waals surface area contributed by atoms with Crippen molar-refractivity contribution >= 4 is 0 Å². The van der Waals surface area contributed by atoms with Crippen LogP contribution in [-0.2, 0) is 11.2 Å². The molecule has 0 saturated carbocycles.